The molecule has 1 saturated heterocycles. The zero-order valence-electron chi connectivity index (χ0n) is 8.49. The molecule has 1 amide bonds. The summed E-state index contributed by atoms with van der Waals surface area (Å²) in [4.78, 5) is 10.5. The zero-order chi connectivity index (χ0) is 10.8. The minimum Gasteiger partial charge on any atom is -0.356 e. The molecule has 0 aromatic rings. The molecule has 1 heterocycles. The van der Waals surface area contributed by atoms with Crippen LogP contribution in [0.1, 0.15) is 13.3 Å². The largest absolute Gasteiger partial charge is 0.356 e. The third-order valence-electron chi connectivity index (χ3n) is 2.32. The van der Waals surface area contributed by atoms with Crippen molar-refractivity contribution in [3.63, 3.8) is 0 Å². The van der Waals surface area contributed by atoms with Crippen LogP contribution in [-0.4, -0.2) is 44.5 Å². The fourth-order valence-electron chi connectivity index (χ4n) is 1.43. The smallest absolute Gasteiger partial charge is 0.216 e. The van der Waals surface area contributed by atoms with E-state index in [0.29, 0.717) is 25.6 Å². The maximum absolute atomic E-state index is 11.0. The van der Waals surface area contributed by atoms with Crippen LogP contribution in [0, 0.1) is 5.92 Å². The molecule has 1 rings (SSSR count). The average molecular weight is 220 g/mol. The molecule has 1 fully saturated rings. The second-order valence-corrected chi connectivity index (χ2v) is 5.70. The summed E-state index contributed by atoms with van der Waals surface area (Å²) in [5, 5.41) is 2.69. The molecule has 0 atom stereocenters. The van der Waals surface area contributed by atoms with Crippen molar-refractivity contribution in [2.24, 2.45) is 5.92 Å². The van der Waals surface area contributed by atoms with Gasteiger partial charge in [0.2, 0.25) is 15.9 Å². The monoisotopic (exact) mass is 220 g/mol. The molecule has 14 heavy (non-hydrogen) atoms. The van der Waals surface area contributed by atoms with Gasteiger partial charge in [0.15, 0.2) is 0 Å². The van der Waals surface area contributed by atoms with Crippen molar-refractivity contribution in [2.75, 3.05) is 25.9 Å². The molecule has 0 aromatic heterocycles. The number of carbonyl (C=O) groups is 1. The number of hydrogen-bond donors (Lipinski definition) is 1. The normalized spacial score (nSPS) is 19.0. The van der Waals surface area contributed by atoms with E-state index in [-0.39, 0.29) is 5.91 Å². The fourth-order valence-corrected chi connectivity index (χ4v) is 2.39. The first kappa shape index (κ1) is 11.5. The van der Waals surface area contributed by atoms with E-state index in [4.69, 9.17) is 0 Å². The summed E-state index contributed by atoms with van der Waals surface area (Å²) in [6.45, 7) is 3.30. The van der Waals surface area contributed by atoms with E-state index in [9.17, 15) is 13.2 Å². The summed E-state index contributed by atoms with van der Waals surface area (Å²) in [6, 6.07) is 0. The highest BCUT2D eigenvalue weighted by Crippen LogP contribution is 2.20. The van der Waals surface area contributed by atoms with Crippen LogP contribution in [0.3, 0.4) is 0 Å². The summed E-state index contributed by atoms with van der Waals surface area (Å²) in [5.41, 5.74) is 0. The maximum Gasteiger partial charge on any atom is 0.216 e. The van der Waals surface area contributed by atoms with Crippen molar-refractivity contribution >= 4 is 15.9 Å². The summed E-state index contributed by atoms with van der Waals surface area (Å²) >= 11 is 0. The van der Waals surface area contributed by atoms with E-state index in [1.54, 1.807) is 0 Å². The van der Waals surface area contributed by atoms with Crippen molar-refractivity contribution in [1.29, 1.82) is 0 Å². The fraction of sp³-hybridized carbons (Fsp3) is 0.875. The lowest BCUT2D eigenvalue weighted by molar-refractivity contribution is -0.119. The molecule has 0 spiro atoms. The number of nitrogens with one attached hydrogen (secondary N) is 1. The van der Waals surface area contributed by atoms with Crippen LogP contribution in [-0.2, 0) is 14.8 Å². The highest BCUT2D eigenvalue weighted by molar-refractivity contribution is 7.88. The van der Waals surface area contributed by atoms with Gasteiger partial charge in [-0.1, -0.05) is 0 Å². The standard InChI is InChI=1S/C8H16N2O3S/c1-7(11)9-4-3-8-5-10(6-8)14(2,12)13/h8H,3-6H2,1-2H3,(H,9,11). The number of hydrogen-bond acceptors (Lipinski definition) is 3. The summed E-state index contributed by atoms with van der Waals surface area (Å²) < 4.78 is 23.4. The Hall–Kier alpha value is -0.620. The summed E-state index contributed by atoms with van der Waals surface area (Å²) in [6.07, 6.45) is 2.07. The molecule has 82 valence electrons. The molecule has 0 bridgehead atoms. The predicted molar refractivity (Wildman–Crippen MR) is 53.2 cm³/mol. The van der Waals surface area contributed by atoms with E-state index in [0.717, 1.165) is 6.42 Å². The highest BCUT2D eigenvalue weighted by atomic mass is 32.2. The average Bonchev–Trinajstić information content (AvgIpc) is 1.90. The van der Waals surface area contributed by atoms with Crippen molar-refractivity contribution in [3.05, 3.63) is 0 Å². The van der Waals surface area contributed by atoms with Gasteiger partial charge in [-0.25, -0.2) is 12.7 Å². The Morgan fingerprint density at radius 1 is 1.50 bits per heavy atom. The number of rotatable bonds is 4. The first-order valence-electron chi connectivity index (χ1n) is 4.59. The van der Waals surface area contributed by atoms with Crippen molar-refractivity contribution in [1.82, 2.24) is 9.62 Å². The van der Waals surface area contributed by atoms with Crippen molar-refractivity contribution in [2.45, 2.75) is 13.3 Å². The lowest BCUT2D eigenvalue weighted by atomic mass is 9.99. The molecule has 5 nitrogen and oxygen atoms in total. The second-order valence-electron chi connectivity index (χ2n) is 3.72. The molecule has 0 aliphatic carbocycles. The van der Waals surface area contributed by atoms with Gasteiger partial charge >= 0.3 is 0 Å². The third kappa shape index (κ3) is 3.26. The molecule has 6 heteroatoms. The van der Waals surface area contributed by atoms with Gasteiger partial charge in [0.25, 0.3) is 0 Å². The Morgan fingerprint density at radius 3 is 2.50 bits per heavy atom. The molecule has 1 aliphatic rings. The summed E-state index contributed by atoms with van der Waals surface area (Å²) in [7, 11) is -2.99. The number of nitrogens with zero attached hydrogens (tertiary/aromatic N) is 1. The van der Waals surface area contributed by atoms with E-state index >= 15 is 0 Å². The lowest BCUT2D eigenvalue weighted by Crippen LogP contribution is -2.50. The van der Waals surface area contributed by atoms with Gasteiger partial charge in [0.05, 0.1) is 6.26 Å². The topological polar surface area (TPSA) is 66.5 Å². The van der Waals surface area contributed by atoms with Gasteiger partial charge < -0.3 is 5.32 Å². The van der Waals surface area contributed by atoms with Crippen LogP contribution in [0.4, 0.5) is 0 Å². The minimum absolute atomic E-state index is 0.0377. The van der Waals surface area contributed by atoms with Crippen LogP contribution in [0.15, 0.2) is 0 Å². The molecule has 1 N–H and O–H groups in total. The van der Waals surface area contributed by atoms with Crippen LogP contribution in [0.25, 0.3) is 0 Å². The van der Waals surface area contributed by atoms with Crippen LogP contribution >= 0.6 is 0 Å². The first-order valence-corrected chi connectivity index (χ1v) is 6.44. The van der Waals surface area contributed by atoms with Crippen LogP contribution in [0.2, 0.25) is 0 Å². The molecule has 0 saturated carbocycles. The van der Waals surface area contributed by atoms with Crippen LogP contribution < -0.4 is 5.32 Å². The van der Waals surface area contributed by atoms with Gasteiger partial charge in [-0.05, 0) is 12.3 Å². The molecule has 0 unspecified atom stereocenters. The predicted octanol–water partition coefficient (Wildman–Crippen LogP) is -0.596. The third-order valence-corrected chi connectivity index (χ3v) is 3.56. The zero-order valence-corrected chi connectivity index (χ0v) is 9.30. The van der Waals surface area contributed by atoms with E-state index in [2.05, 4.69) is 5.32 Å². The van der Waals surface area contributed by atoms with E-state index in [1.165, 1.54) is 17.5 Å². The minimum atomic E-state index is -2.99. The first-order chi connectivity index (χ1) is 6.39. The Kier molecular flexibility index (Phi) is 3.49. The van der Waals surface area contributed by atoms with E-state index < -0.39 is 10.0 Å². The quantitative estimate of drug-likeness (QED) is 0.688. The SMILES string of the molecule is CC(=O)NCCC1CN(S(C)(=O)=O)C1. The van der Waals surface area contributed by atoms with Gasteiger partial charge in [-0.15, -0.1) is 0 Å². The van der Waals surface area contributed by atoms with Gasteiger partial charge in [0, 0.05) is 26.6 Å². The highest BCUT2D eigenvalue weighted by Gasteiger charge is 2.32. The van der Waals surface area contributed by atoms with Crippen molar-refractivity contribution in [3.8, 4) is 0 Å². The number of carbonyl (C=O) groups excluding carboxylic acids is 1. The molecule has 0 radical (unpaired) electrons. The van der Waals surface area contributed by atoms with Gasteiger partial charge in [0.1, 0.15) is 0 Å². The number of amides is 1. The second kappa shape index (κ2) is 4.27. The van der Waals surface area contributed by atoms with E-state index in [1.807, 2.05) is 0 Å². The Bertz CT molecular complexity index is 307. The van der Waals surface area contributed by atoms with Gasteiger partial charge in [-0.3, -0.25) is 4.79 Å². The molecular weight excluding hydrogens is 204 g/mol. The van der Waals surface area contributed by atoms with Crippen LogP contribution in [0.5, 0.6) is 0 Å². The molecular formula is C8H16N2O3S. The lowest BCUT2D eigenvalue weighted by Gasteiger charge is -2.37. The Morgan fingerprint density at radius 2 is 2.07 bits per heavy atom. The molecule has 0 aromatic carbocycles. The Labute approximate surface area is 84.5 Å². The maximum atomic E-state index is 11.0. The van der Waals surface area contributed by atoms with Gasteiger partial charge in [-0.2, -0.15) is 0 Å². The summed E-state index contributed by atoms with van der Waals surface area (Å²) in [5.74, 6) is 0.362. The van der Waals surface area contributed by atoms with Crippen molar-refractivity contribution < 1.29 is 13.2 Å². The molecule has 1 aliphatic heterocycles. The number of sulfonamides is 1. The Balaban J connectivity index is 2.14.